The van der Waals surface area contributed by atoms with Gasteiger partial charge >= 0.3 is 0 Å². The van der Waals surface area contributed by atoms with Crippen molar-refractivity contribution in [3.05, 3.63) is 35.6 Å². The second-order valence-electron chi connectivity index (χ2n) is 6.05. The first-order valence-electron chi connectivity index (χ1n) is 7.43. The largest absolute Gasteiger partial charge is 0.461 e. The van der Waals surface area contributed by atoms with Gasteiger partial charge in [-0.25, -0.2) is 0 Å². The molecule has 0 saturated heterocycles. The number of fused-ring (bicyclic) bond motifs is 1. The Labute approximate surface area is 115 Å². The van der Waals surface area contributed by atoms with Crippen LogP contribution in [0.2, 0.25) is 0 Å². The number of nitrogens with two attached hydrogens (primary N) is 1. The minimum Gasteiger partial charge on any atom is -0.461 e. The Morgan fingerprint density at radius 2 is 2.11 bits per heavy atom. The van der Waals surface area contributed by atoms with Crippen LogP contribution in [0.25, 0.3) is 11.0 Å². The highest BCUT2D eigenvalue weighted by Gasteiger charge is 2.30. The smallest absolute Gasteiger partial charge is 0.134 e. The van der Waals surface area contributed by atoms with E-state index < -0.39 is 0 Å². The predicted octanol–water partition coefficient (Wildman–Crippen LogP) is 4.36. The van der Waals surface area contributed by atoms with Gasteiger partial charge in [0.05, 0.1) is 0 Å². The predicted molar refractivity (Wildman–Crippen MR) is 79.3 cm³/mol. The van der Waals surface area contributed by atoms with Crippen molar-refractivity contribution in [3.8, 4) is 0 Å². The summed E-state index contributed by atoms with van der Waals surface area (Å²) in [5, 5.41) is 1.21. The molecule has 3 unspecified atom stereocenters. The van der Waals surface area contributed by atoms with Gasteiger partial charge in [-0.15, -0.1) is 0 Å². The number of rotatable bonds is 2. The Balaban J connectivity index is 1.93. The normalized spacial score (nSPS) is 27.8. The van der Waals surface area contributed by atoms with Crippen LogP contribution in [0, 0.1) is 12.8 Å². The molecule has 1 fully saturated rings. The zero-order chi connectivity index (χ0) is 13.4. The van der Waals surface area contributed by atoms with Gasteiger partial charge in [-0.2, -0.15) is 0 Å². The van der Waals surface area contributed by atoms with Crippen molar-refractivity contribution in [1.29, 1.82) is 0 Å². The Morgan fingerprint density at radius 3 is 2.89 bits per heavy atom. The second-order valence-corrected chi connectivity index (χ2v) is 6.05. The summed E-state index contributed by atoms with van der Waals surface area (Å²) in [7, 11) is 0. The number of aryl methyl sites for hydroxylation is 1. The molecule has 2 aromatic rings. The monoisotopic (exact) mass is 257 g/mol. The first kappa shape index (κ1) is 12.7. The molecule has 0 bridgehead atoms. The van der Waals surface area contributed by atoms with Crippen LogP contribution < -0.4 is 5.73 Å². The van der Waals surface area contributed by atoms with Crippen LogP contribution in [-0.4, -0.2) is 6.04 Å². The maximum Gasteiger partial charge on any atom is 0.134 e. The Morgan fingerprint density at radius 1 is 1.26 bits per heavy atom. The molecule has 19 heavy (non-hydrogen) atoms. The third-order valence-corrected chi connectivity index (χ3v) is 4.65. The summed E-state index contributed by atoms with van der Waals surface area (Å²) >= 11 is 0. The SMILES string of the molecule is CCC1CCC(N)C(c2cc3cc(C)ccc3o2)C1. The van der Waals surface area contributed by atoms with Crippen molar-refractivity contribution in [3.63, 3.8) is 0 Å². The molecule has 0 spiro atoms. The number of hydrogen-bond acceptors (Lipinski definition) is 2. The molecule has 0 radical (unpaired) electrons. The topological polar surface area (TPSA) is 39.2 Å². The van der Waals surface area contributed by atoms with E-state index in [2.05, 4.69) is 38.1 Å². The van der Waals surface area contributed by atoms with Crippen LogP contribution in [0.5, 0.6) is 0 Å². The van der Waals surface area contributed by atoms with Gasteiger partial charge in [0.15, 0.2) is 0 Å². The fraction of sp³-hybridized carbons (Fsp3) is 0.529. The lowest BCUT2D eigenvalue weighted by Crippen LogP contribution is -2.34. The summed E-state index contributed by atoms with van der Waals surface area (Å²) in [6.07, 6.45) is 4.83. The average Bonchev–Trinajstić information content (AvgIpc) is 2.82. The third-order valence-electron chi connectivity index (χ3n) is 4.65. The fourth-order valence-corrected chi connectivity index (χ4v) is 3.35. The van der Waals surface area contributed by atoms with Crippen molar-refractivity contribution in [2.45, 2.75) is 51.5 Å². The van der Waals surface area contributed by atoms with E-state index in [0.29, 0.717) is 5.92 Å². The van der Waals surface area contributed by atoms with Crippen LogP contribution in [0.15, 0.2) is 28.7 Å². The van der Waals surface area contributed by atoms with Crippen molar-refractivity contribution in [2.75, 3.05) is 0 Å². The van der Waals surface area contributed by atoms with Crippen LogP contribution in [0.3, 0.4) is 0 Å². The molecule has 0 amide bonds. The van der Waals surface area contributed by atoms with E-state index in [-0.39, 0.29) is 6.04 Å². The molecule has 1 aliphatic carbocycles. The summed E-state index contributed by atoms with van der Waals surface area (Å²) < 4.78 is 6.05. The van der Waals surface area contributed by atoms with Gasteiger partial charge in [-0.3, -0.25) is 0 Å². The van der Waals surface area contributed by atoms with Gasteiger partial charge in [0.2, 0.25) is 0 Å². The van der Waals surface area contributed by atoms with E-state index in [1.165, 1.54) is 30.2 Å². The minimum absolute atomic E-state index is 0.254. The first-order chi connectivity index (χ1) is 9.17. The molecule has 1 aliphatic rings. The summed E-state index contributed by atoms with van der Waals surface area (Å²) in [6, 6.07) is 8.81. The molecule has 0 aliphatic heterocycles. The van der Waals surface area contributed by atoms with E-state index >= 15 is 0 Å². The lowest BCUT2D eigenvalue weighted by atomic mass is 9.76. The maximum absolute atomic E-state index is 6.32. The molecule has 102 valence electrons. The quantitative estimate of drug-likeness (QED) is 0.868. The molecule has 2 heteroatoms. The van der Waals surface area contributed by atoms with Crippen molar-refractivity contribution >= 4 is 11.0 Å². The fourth-order valence-electron chi connectivity index (χ4n) is 3.35. The molecule has 1 heterocycles. The Kier molecular flexibility index (Phi) is 3.36. The minimum atomic E-state index is 0.254. The molecule has 1 saturated carbocycles. The third kappa shape index (κ3) is 2.42. The first-order valence-corrected chi connectivity index (χ1v) is 7.43. The van der Waals surface area contributed by atoms with Crippen LogP contribution in [-0.2, 0) is 0 Å². The highest BCUT2D eigenvalue weighted by Crippen LogP contribution is 2.38. The number of benzene rings is 1. The van der Waals surface area contributed by atoms with E-state index in [4.69, 9.17) is 10.2 Å². The lowest BCUT2D eigenvalue weighted by molar-refractivity contribution is 0.260. The van der Waals surface area contributed by atoms with Gasteiger partial charge in [0, 0.05) is 17.3 Å². The second kappa shape index (κ2) is 5.01. The number of hydrogen-bond donors (Lipinski definition) is 1. The molecule has 1 aromatic heterocycles. The average molecular weight is 257 g/mol. The standard InChI is InChI=1S/C17H23NO/c1-3-12-5-6-15(18)14(9-12)17-10-13-8-11(2)4-7-16(13)19-17/h4,7-8,10,12,14-15H,3,5-6,9,18H2,1-2H3. The highest BCUT2D eigenvalue weighted by molar-refractivity contribution is 5.78. The van der Waals surface area contributed by atoms with E-state index in [9.17, 15) is 0 Å². The van der Waals surface area contributed by atoms with Gasteiger partial charge in [0.25, 0.3) is 0 Å². The lowest BCUT2D eigenvalue weighted by Gasteiger charge is -2.32. The van der Waals surface area contributed by atoms with Crippen LogP contribution in [0.1, 0.15) is 49.8 Å². The molecule has 3 atom stereocenters. The molecule has 3 rings (SSSR count). The van der Waals surface area contributed by atoms with Crippen LogP contribution in [0.4, 0.5) is 0 Å². The van der Waals surface area contributed by atoms with Gasteiger partial charge < -0.3 is 10.2 Å². The molecular formula is C17H23NO. The van der Waals surface area contributed by atoms with Gasteiger partial charge in [-0.05, 0) is 50.3 Å². The molecule has 2 N–H and O–H groups in total. The molecule has 1 aromatic carbocycles. The summed E-state index contributed by atoms with van der Waals surface area (Å²) in [5.74, 6) is 2.29. The van der Waals surface area contributed by atoms with Gasteiger partial charge in [0.1, 0.15) is 11.3 Å². The summed E-state index contributed by atoms with van der Waals surface area (Å²) in [5.41, 5.74) is 8.59. The summed E-state index contributed by atoms with van der Waals surface area (Å²) in [4.78, 5) is 0. The Bertz CT molecular complexity index is 572. The van der Waals surface area contributed by atoms with E-state index in [1.807, 2.05) is 0 Å². The molecular weight excluding hydrogens is 234 g/mol. The molecule has 2 nitrogen and oxygen atoms in total. The van der Waals surface area contributed by atoms with Crippen LogP contribution >= 0.6 is 0 Å². The van der Waals surface area contributed by atoms with E-state index in [0.717, 1.165) is 23.7 Å². The zero-order valence-corrected chi connectivity index (χ0v) is 11.9. The van der Waals surface area contributed by atoms with Crippen molar-refractivity contribution in [1.82, 2.24) is 0 Å². The zero-order valence-electron chi connectivity index (χ0n) is 11.9. The summed E-state index contributed by atoms with van der Waals surface area (Å²) in [6.45, 7) is 4.39. The van der Waals surface area contributed by atoms with Gasteiger partial charge in [-0.1, -0.05) is 25.0 Å². The highest BCUT2D eigenvalue weighted by atomic mass is 16.3. The number of furan rings is 1. The van der Waals surface area contributed by atoms with Crippen molar-refractivity contribution < 1.29 is 4.42 Å². The van der Waals surface area contributed by atoms with E-state index in [1.54, 1.807) is 0 Å². The van der Waals surface area contributed by atoms with Crippen molar-refractivity contribution in [2.24, 2.45) is 11.7 Å². The Hall–Kier alpha value is -1.28. The maximum atomic E-state index is 6.32.